The quantitative estimate of drug-likeness (QED) is 0.540. The molecular weight excluding hydrogens is 132 g/mol. The van der Waals surface area contributed by atoms with Gasteiger partial charge in [0.05, 0.1) is 18.5 Å². The van der Waals surface area contributed by atoms with E-state index in [4.69, 9.17) is 10.0 Å². The van der Waals surface area contributed by atoms with Crippen molar-refractivity contribution in [2.45, 2.75) is 12.8 Å². The monoisotopic (exact) mass is 140 g/mol. The van der Waals surface area contributed by atoms with E-state index in [1.807, 2.05) is 0 Å². The second-order valence-electron chi connectivity index (χ2n) is 2.43. The van der Waals surface area contributed by atoms with Crippen LogP contribution in [0, 0.1) is 0 Å². The number of rotatable bonds is 0. The third kappa shape index (κ3) is 0.814. The van der Waals surface area contributed by atoms with Gasteiger partial charge in [0.15, 0.2) is 0 Å². The Morgan fingerprint density at radius 2 is 2.50 bits per heavy atom. The molecule has 0 atom stereocenters. The van der Waals surface area contributed by atoms with Crippen LogP contribution >= 0.6 is 0 Å². The lowest BCUT2D eigenvalue weighted by Gasteiger charge is -2.06. The predicted octanol–water partition coefficient (Wildman–Crippen LogP) is 0.783. The summed E-state index contributed by atoms with van der Waals surface area (Å²) in [6.45, 7) is 0.698. The highest BCUT2D eigenvalue weighted by Crippen LogP contribution is 2.16. The van der Waals surface area contributed by atoms with Gasteiger partial charge in [-0.1, -0.05) is 5.16 Å². The van der Waals surface area contributed by atoms with Crippen molar-refractivity contribution in [3.63, 3.8) is 0 Å². The number of aliphatic hydroxyl groups is 1. The molecule has 0 aliphatic carbocycles. The molecule has 0 aromatic carbocycles. The maximum Gasteiger partial charge on any atom is 0.112 e. The molecule has 2 aliphatic heterocycles. The topological polar surface area (TPSA) is 45.1 Å². The molecule has 4 nitrogen and oxygen atoms in total. The molecule has 1 N–H and O–H groups in total. The molecule has 54 valence electrons. The first-order valence-electron chi connectivity index (χ1n) is 3.24. The van der Waals surface area contributed by atoms with Crippen LogP contribution in [0.25, 0.3) is 0 Å². The van der Waals surface area contributed by atoms with Gasteiger partial charge in [-0.25, -0.2) is 0 Å². The van der Waals surface area contributed by atoms with E-state index in [-0.39, 0.29) is 0 Å². The Bertz CT molecular complexity index is 210. The Kier molecular flexibility index (Phi) is 1.06. The standard InChI is InChI=1S/C6H8N2O2/c9-6-2-1-5-3-8(4-6)10-7-5/h4,9H,1-3H2. The van der Waals surface area contributed by atoms with Crippen LogP contribution < -0.4 is 0 Å². The Hall–Kier alpha value is -1.19. The number of aliphatic hydroxyl groups excluding tert-OH is 1. The van der Waals surface area contributed by atoms with Crippen molar-refractivity contribution in [3.8, 4) is 0 Å². The summed E-state index contributed by atoms with van der Waals surface area (Å²) in [6, 6.07) is 0. The number of fused-ring (bicyclic) bond motifs is 2. The SMILES string of the molecule is OC1=CN2CC(=NO2)CC1. The van der Waals surface area contributed by atoms with Crippen LogP contribution in [0.3, 0.4) is 0 Å². The first-order chi connectivity index (χ1) is 4.84. The van der Waals surface area contributed by atoms with Crippen molar-refractivity contribution in [1.82, 2.24) is 5.06 Å². The van der Waals surface area contributed by atoms with Crippen LogP contribution in [0.1, 0.15) is 12.8 Å². The third-order valence-electron chi connectivity index (χ3n) is 1.58. The van der Waals surface area contributed by atoms with E-state index in [2.05, 4.69) is 5.16 Å². The minimum Gasteiger partial charge on any atom is -0.511 e. The molecule has 2 heterocycles. The van der Waals surface area contributed by atoms with Gasteiger partial charge in [-0.3, -0.25) is 4.94 Å². The summed E-state index contributed by atoms with van der Waals surface area (Å²) in [5.74, 6) is 0.366. The fourth-order valence-corrected chi connectivity index (χ4v) is 1.04. The number of allylic oxidation sites excluding steroid dienone is 1. The normalized spacial score (nSPS) is 23.0. The van der Waals surface area contributed by atoms with Crippen LogP contribution in [-0.2, 0) is 4.94 Å². The van der Waals surface area contributed by atoms with Crippen molar-refractivity contribution in [3.05, 3.63) is 12.0 Å². The molecular formula is C6H8N2O2. The molecule has 10 heavy (non-hydrogen) atoms. The molecule has 2 rings (SSSR count). The molecule has 0 amide bonds. The lowest BCUT2D eigenvalue weighted by molar-refractivity contribution is -0.0912. The highest BCUT2D eigenvalue weighted by Gasteiger charge is 2.19. The van der Waals surface area contributed by atoms with Gasteiger partial charge >= 0.3 is 0 Å². The number of hydroxylamine groups is 2. The Labute approximate surface area is 58.3 Å². The summed E-state index contributed by atoms with van der Waals surface area (Å²) in [5.41, 5.74) is 1.00. The average Bonchev–Trinajstić information content (AvgIpc) is 2.22. The molecule has 0 fully saturated rings. The van der Waals surface area contributed by atoms with E-state index in [1.54, 1.807) is 6.20 Å². The van der Waals surface area contributed by atoms with Crippen LogP contribution in [0.4, 0.5) is 0 Å². The highest BCUT2D eigenvalue weighted by molar-refractivity contribution is 5.87. The number of oxime groups is 1. The second kappa shape index (κ2) is 1.90. The lowest BCUT2D eigenvalue weighted by Crippen LogP contribution is -2.13. The zero-order valence-electron chi connectivity index (χ0n) is 5.45. The molecule has 0 aromatic rings. The van der Waals surface area contributed by atoms with E-state index in [0.29, 0.717) is 18.7 Å². The molecule has 0 aromatic heterocycles. The van der Waals surface area contributed by atoms with Gasteiger partial charge in [-0.05, 0) is 6.42 Å². The van der Waals surface area contributed by atoms with Gasteiger partial charge in [0.25, 0.3) is 0 Å². The number of hydrogen-bond donors (Lipinski definition) is 1. The molecule has 2 aliphatic rings. The molecule has 0 saturated heterocycles. The van der Waals surface area contributed by atoms with Crippen molar-refractivity contribution in [2.75, 3.05) is 6.54 Å². The smallest absolute Gasteiger partial charge is 0.112 e. The fourth-order valence-electron chi connectivity index (χ4n) is 1.04. The fraction of sp³-hybridized carbons (Fsp3) is 0.500. The van der Waals surface area contributed by atoms with Gasteiger partial charge < -0.3 is 5.11 Å². The van der Waals surface area contributed by atoms with E-state index < -0.39 is 0 Å². The first kappa shape index (κ1) is 5.58. The molecule has 0 saturated carbocycles. The van der Waals surface area contributed by atoms with E-state index in [1.165, 1.54) is 5.06 Å². The van der Waals surface area contributed by atoms with Gasteiger partial charge in [-0.15, -0.1) is 0 Å². The molecule has 2 bridgehead atoms. The van der Waals surface area contributed by atoms with Crippen molar-refractivity contribution < 1.29 is 10.0 Å². The minimum atomic E-state index is 0.366. The highest BCUT2D eigenvalue weighted by atomic mass is 16.8. The van der Waals surface area contributed by atoms with Crippen molar-refractivity contribution in [1.29, 1.82) is 0 Å². The summed E-state index contributed by atoms with van der Waals surface area (Å²) < 4.78 is 0. The van der Waals surface area contributed by atoms with Crippen molar-refractivity contribution >= 4 is 5.71 Å². The maximum absolute atomic E-state index is 9.10. The van der Waals surface area contributed by atoms with Gasteiger partial charge in [0.1, 0.15) is 5.76 Å². The van der Waals surface area contributed by atoms with Gasteiger partial charge in [0, 0.05) is 6.42 Å². The molecule has 4 heteroatoms. The van der Waals surface area contributed by atoms with Gasteiger partial charge in [-0.2, -0.15) is 5.06 Å². The van der Waals surface area contributed by atoms with Gasteiger partial charge in [0.2, 0.25) is 0 Å². The van der Waals surface area contributed by atoms with Crippen LogP contribution in [0.15, 0.2) is 17.1 Å². The average molecular weight is 140 g/mol. The lowest BCUT2D eigenvalue weighted by atomic mass is 10.2. The summed E-state index contributed by atoms with van der Waals surface area (Å²) in [6.07, 6.45) is 3.06. The number of hydrogen-bond acceptors (Lipinski definition) is 4. The van der Waals surface area contributed by atoms with Crippen LogP contribution in [0.5, 0.6) is 0 Å². The summed E-state index contributed by atoms with van der Waals surface area (Å²) >= 11 is 0. The zero-order chi connectivity index (χ0) is 6.97. The zero-order valence-corrected chi connectivity index (χ0v) is 5.45. The van der Waals surface area contributed by atoms with Crippen LogP contribution in [0.2, 0.25) is 0 Å². The number of nitrogens with zero attached hydrogens (tertiary/aromatic N) is 2. The Morgan fingerprint density at radius 3 is 3.40 bits per heavy atom. The van der Waals surface area contributed by atoms with Crippen molar-refractivity contribution in [2.24, 2.45) is 5.16 Å². The molecule has 0 unspecified atom stereocenters. The summed E-state index contributed by atoms with van der Waals surface area (Å²) in [5, 5.41) is 14.4. The Morgan fingerprint density at radius 1 is 1.60 bits per heavy atom. The Balaban J connectivity index is 2.20. The largest absolute Gasteiger partial charge is 0.511 e. The second-order valence-corrected chi connectivity index (χ2v) is 2.43. The molecule has 0 spiro atoms. The minimum absolute atomic E-state index is 0.366. The summed E-state index contributed by atoms with van der Waals surface area (Å²) in [4.78, 5) is 4.81. The van der Waals surface area contributed by atoms with E-state index in [9.17, 15) is 0 Å². The first-order valence-corrected chi connectivity index (χ1v) is 3.24. The van der Waals surface area contributed by atoms with Crippen LogP contribution in [-0.4, -0.2) is 22.4 Å². The molecule has 0 radical (unpaired) electrons. The third-order valence-corrected chi connectivity index (χ3v) is 1.58. The van der Waals surface area contributed by atoms with E-state index in [0.717, 1.165) is 12.1 Å². The van der Waals surface area contributed by atoms with E-state index >= 15 is 0 Å². The predicted molar refractivity (Wildman–Crippen MR) is 35.2 cm³/mol. The summed E-state index contributed by atoms with van der Waals surface area (Å²) in [7, 11) is 0. The maximum atomic E-state index is 9.10.